The predicted octanol–water partition coefficient (Wildman–Crippen LogP) is 3.09. The lowest BCUT2D eigenvalue weighted by Gasteiger charge is -2.07. The van der Waals surface area contributed by atoms with E-state index in [1.54, 1.807) is 31.4 Å². The molecule has 2 aromatic carbocycles. The summed E-state index contributed by atoms with van der Waals surface area (Å²) in [5.41, 5.74) is 0.827. The molecule has 29 heavy (non-hydrogen) atoms. The van der Waals surface area contributed by atoms with Gasteiger partial charge in [0.1, 0.15) is 16.9 Å². The second-order valence-electron chi connectivity index (χ2n) is 6.50. The quantitative estimate of drug-likeness (QED) is 0.286. The lowest BCUT2D eigenvalue weighted by atomic mass is 10.1. The molecule has 0 unspecified atom stereocenters. The average molecular weight is 395 g/mol. The van der Waals surface area contributed by atoms with Gasteiger partial charge < -0.3 is 19.2 Å². The van der Waals surface area contributed by atoms with Crippen LogP contribution in [0, 0.1) is 6.92 Å². The van der Waals surface area contributed by atoms with E-state index >= 15 is 0 Å². The number of hydrogen-bond donors (Lipinski definition) is 1. The normalized spacial score (nSPS) is 10.7. The van der Waals surface area contributed by atoms with Crippen LogP contribution in [0.25, 0.3) is 11.0 Å². The van der Waals surface area contributed by atoms with Crippen molar-refractivity contribution in [3.05, 3.63) is 75.6 Å². The maximum Gasteiger partial charge on any atom is 0.349 e. The van der Waals surface area contributed by atoms with Crippen LogP contribution in [0.5, 0.6) is 5.75 Å². The number of fused-ring (bicyclic) bond motifs is 1. The molecule has 0 aliphatic carbocycles. The number of aryl methyl sites for hydroxylation is 1. The fraction of sp³-hybridized carbons (Fsp3) is 0.227. The molecule has 0 fully saturated rings. The van der Waals surface area contributed by atoms with Gasteiger partial charge in [-0.3, -0.25) is 4.79 Å². The van der Waals surface area contributed by atoms with Crippen molar-refractivity contribution < 1.29 is 23.5 Å². The molecule has 150 valence electrons. The van der Waals surface area contributed by atoms with Crippen molar-refractivity contribution in [3.63, 3.8) is 0 Å². The van der Waals surface area contributed by atoms with Gasteiger partial charge in [-0.05, 0) is 43.7 Å². The van der Waals surface area contributed by atoms with Crippen LogP contribution in [0.2, 0.25) is 0 Å². The van der Waals surface area contributed by atoms with Crippen LogP contribution in [-0.4, -0.2) is 32.1 Å². The van der Waals surface area contributed by atoms with Crippen molar-refractivity contribution in [2.75, 3.05) is 20.3 Å². The van der Waals surface area contributed by atoms with Crippen LogP contribution in [0.3, 0.4) is 0 Å². The van der Waals surface area contributed by atoms with E-state index in [4.69, 9.17) is 13.9 Å². The zero-order valence-electron chi connectivity index (χ0n) is 16.2. The molecule has 7 nitrogen and oxygen atoms in total. The molecular formula is C22H21NO6. The van der Waals surface area contributed by atoms with E-state index in [1.165, 1.54) is 12.1 Å². The first-order valence-corrected chi connectivity index (χ1v) is 9.12. The third kappa shape index (κ3) is 5.08. The summed E-state index contributed by atoms with van der Waals surface area (Å²) in [6, 6.07) is 13.1. The zero-order chi connectivity index (χ0) is 20.8. The van der Waals surface area contributed by atoms with Crippen molar-refractivity contribution in [3.8, 4) is 5.75 Å². The second kappa shape index (κ2) is 9.16. The minimum absolute atomic E-state index is 0.0840. The van der Waals surface area contributed by atoms with Crippen LogP contribution in [0.15, 0.2) is 57.7 Å². The van der Waals surface area contributed by atoms with Crippen LogP contribution in [0.4, 0.5) is 0 Å². The Morgan fingerprint density at radius 3 is 2.55 bits per heavy atom. The molecule has 0 spiro atoms. The molecule has 1 amide bonds. The Labute approximate surface area is 167 Å². The molecular weight excluding hydrogens is 374 g/mol. The van der Waals surface area contributed by atoms with Gasteiger partial charge in [0, 0.05) is 31.7 Å². The minimum Gasteiger partial charge on any atom is -0.423 e. The van der Waals surface area contributed by atoms with E-state index < -0.39 is 17.5 Å². The monoisotopic (exact) mass is 395 g/mol. The van der Waals surface area contributed by atoms with E-state index in [1.807, 2.05) is 19.1 Å². The number of nitrogens with one attached hydrogen (secondary N) is 1. The first-order chi connectivity index (χ1) is 14.0. The van der Waals surface area contributed by atoms with E-state index in [0.717, 1.165) is 5.56 Å². The number of rotatable bonds is 7. The summed E-state index contributed by atoms with van der Waals surface area (Å²) in [6.07, 6.45) is 0.636. The lowest BCUT2D eigenvalue weighted by Crippen LogP contribution is -2.29. The molecule has 1 N–H and O–H groups in total. The SMILES string of the molecule is COCCCNC(=O)c1cc2ccc(OC(=O)c3ccc(C)cc3)cc2oc1=O. The number of methoxy groups -OCH3 is 1. The first kappa shape index (κ1) is 20.3. The van der Waals surface area contributed by atoms with Crippen LogP contribution < -0.4 is 15.7 Å². The van der Waals surface area contributed by atoms with E-state index in [9.17, 15) is 14.4 Å². The number of hydrogen-bond acceptors (Lipinski definition) is 6. The summed E-state index contributed by atoms with van der Waals surface area (Å²) >= 11 is 0. The largest absolute Gasteiger partial charge is 0.423 e. The molecule has 0 saturated heterocycles. The Kier molecular flexibility index (Phi) is 6.41. The number of ether oxygens (including phenoxy) is 2. The molecule has 3 aromatic rings. The molecule has 0 bridgehead atoms. The predicted molar refractivity (Wildman–Crippen MR) is 107 cm³/mol. The number of benzene rings is 2. The maximum atomic E-state index is 12.2. The summed E-state index contributed by atoms with van der Waals surface area (Å²) < 4.78 is 15.5. The summed E-state index contributed by atoms with van der Waals surface area (Å²) in [6.45, 7) is 2.82. The van der Waals surface area contributed by atoms with Crippen LogP contribution in [0.1, 0.15) is 32.7 Å². The summed E-state index contributed by atoms with van der Waals surface area (Å²) in [4.78, 5) is 36.6. The average Bonchev–Trinajstić information content (AvgIpc) is 2.71. The van der Waals surface area contributed by atoms with Gasteiger partial charge in [-0.1, -0.05) is 17.7 Å². The van der Waals surface area contributed by atoms with Gasteiger partial charge in [0.05, 0.1) is 5.56 Å². The molecule has 0 aliphatic rings. The number of esters is 1. The highest BCUT2D eigenvalue weighted by molar-refractivity contribution is 5.97. The fourth-order valence-electron chi connectivity index (χ4n) is 2.68. The minimum atomic E-state index is -0.760. The Hall–Kier alpha value is -3.45. The van der Waals surface area contributed by atoms with Gasteiger partial charge in [-0.2, -0.15) is 0 Å². The van der Waals surface area contributed by atoms with Crippen molar-refractivity contribution in [1.29, 1.82) is 0 Å². The highest BCUT2D eigenvalue weighted by Gasteiger charge is 2.15. The number of carbonyl (C=O) groups excluding carboxylic acids is 2. The molecule has 0 saturated carbocycles. The van der Waals surface area contributed by atoms with Gasteiger partial charge in [0.2, 0.25) is 0 Å². The highest BCUT2D eigenvalue weighted by atomic mass is 16.5. The third-order valence-corrected chi connectivity index (χ3v) is 4.26. The molecule has 0 atom stereocenters. The molecule has 3 rings (SSSR count). The Bertz CT molecular complexity index is 1080. The number of carbonyl (C=O) groups is 2. The van der Waals surface area contributed by atoms with Crippen molar-refractivity contribution in [2.24, 2.45) is 0 Å². The highest BCUT2D eigenvalue weighted by Crippen LogP contribution is 2.21. The Balaban J connectivity index is 1.76. The molecule has 0 aliphatic heterocycles. The summed E-state index contributed by atoms with van der Waals surface area (Å²) in [7, 11) is 1.58. The van der Waals surface area contributed by atoms with Gasteiger partial charge in [-0.15, -0.1) is 0 Å². The van der Waals surface area contributed by atoms with E-state index in [-0.39, 0.29) is 16.9 Å². The molecule has 1 aromatic heterocycles. The molecule has 7 heteroatoms. The first-order valence-electron chi connectivity index (χ1n) is 9.12. The fourth-order valence-corrected chi connectivity index (χ4v) is 2.68. The molecule has 0 radical (unpaired) electrons. The van der Waals surface area contributed by atoms with Gasteiger partial charge in [0.15, 0.2) is 0 Å². The Morgan fingerprint density at radius 1 is 1.07 bits per heavy atom. The second-order valence-corrected chi connectivity index (χ2v) is 6.50. The smallest absolute Gasteiger partial charge is 0.349 e. The standard InChI is InChI=1S/C22H21NO6/c1-14-4-6-15(7-5-14)21(25)28-17-9-8-16-12-18(22(26)29-19(16)13-17)20(24)23-10-3-11-27-2/h4-9,12-13H,3,10-11H2,1-2H3,(H,23,24). The van der Waals surface area contributed by atoms with Gasteiger partial charge in [0.25, 0.3) is 5.91 Å². The lowest BCUT2D eigenvalue weighted by molar-refractivity contribution is 0.0734. The van der Waals surface area contributed by atoms with Crippen LogP contribution in [-0.2, 0) is 4.74 Å². The Morgan fingerprint density at radius 2 is 1.83 bits per heavy atom. The van der Waals surface area contributed by atoms with Crippen molar-refractivity contribution >= 4 is 22.8 Å². The van der Waals surface area contributed by atoms with Crippen molar-refractivity contribution in [1.82, 2.24) is 5.32 Å². The van der Waals surface area contributed by atoms with Gasteiger partial charge >= 0.3 is 11.6 Å². The maximum absolute atomic E-state index is 12.2. The third-order valence-electron chi connectivity index (χ3n) is 4.26. The zero-order valence-corrected chi connectivity index (χ0v) is 16.2. The summed E-state index contributed by atoms with van der Waals surface area (Å²) in [5.74, 6) is -0.784. The topological polar surface area (TPSA) is 94.8 Å². The summed E-state index contributed by atoms with van der Waals surface area (Å²) in [5, 5.41) is 3.19. The molecule has 1 heterocycles. The number of amides is 1. The van der Waals surface area contributed by atoms with E-state index in [2.05, 4.69) is 5.32 Å². The van der Waals surface area contributed by atoms with E-state index in [0.29, 0.717) is 30.5 Å². The van der Waals surface area contributed by atoms with Gasteiger partial charge in [-0.25, -0.2) is 9.59 Å². The van der Waals surface area contributed by atoms with Crippen LogP contribution >= 0.6 is 0 Å². The van der Waals surface area contributed by atoms with Crippen molar-refractivity contribution in [2.45, 2.75) is 13.3 Å².